The summed E-state index contributed by atoms with van der Waals surface area (Å²) in [6, 6.07) is 11.9. The van der Waals surface area contributed by atoms with E-state index in [1.807, 2.05) is 30.3 Å². The zero-order valence-corrected chi connectivity index (χ0v) is 12.2. The van der Waals surface area contributed by atoms with Crippen LogP contribution >= 0.6 is 0 Å². The number of rotatable bonds is 3. The van der Waals surface area contributed by atoms with Crippen LogP contribution < -0.4 is 10.1 Å². The summed E-state index contributed by atoms with van der Waals surface area (Å²) in [6.45, 7) is 2.40. The Bertz CT molecular complexity index is 739. The van der Waals surface area contributed by atoms with Crippen LogP contribution in [0.4, 0.5) is 0 Å². The van der Waals surface area contributed by atoms with Crippen molar-refractivity contribution in [2.75, 3.05) is 6.61 Å². The first-order chi connectivity index (χ1) is 10.8. The molecular formula is C18H17NO3. The van der Waals surface area contributed by atoms with Gasteiger partial charge in [-0.2, -0.15) is 0 Å². The molecule has 0 bridgehead atoms. The number of hydrogen-bond donors (Lipinski definition) is 1. The molecule has 2 heterocycles. The Balaban J connectivity index is 1.48. The highest BCUT2D eigenvalue weighted by atomic mass is 16.5. The molecule has 0 aromatic heterocycles. The van der Waals surface area contributed by atoms with Gasteiger partial charge in [0, 0.05) is 18.5 Å². The van der Waals surface area contributed by atoms with E-state index in [4.69, 9.17) is 9.47 Å². The van der Waals surface area contributed by atoms with Gasteiger partial charge in [0.1, 0.15) is 5.75 Å². The van der Waals surface area contributed by atoms with Crippen LogP contribution in [0.2, 0.25) is 0 Å². The number of amides is 1. The molecule has 0 fully saturated rings. The summed E-state index contributed by atoms with van der Waals surface area (Å²) >= 11 is 0. The Kier molecular flexibility index (Phi) is 3.31. The second-order valence-electron chi connectivity index (χ2n) is 5.66. The average Bonchev–Trinajstić information content (AvgIpc) is 3.20. The fourth-order valence-electron chi connectivity index (χ4n) is 3.04. The normalized spacial score (nSPS) is 15.1. The zero-order valence-electron chi connectivity index (χ0n) is 12.2. The smallest absolute Gasteiger partial charge is 0.251 e. The third kappa shape index (κ3) is 2.35. The van der Waals surface area contributed by atoms with Gasteiger partial charge in [0.25, 0.3) is 5.91 Å². The van der Waals surface area contributed by atoms with Gasteiger partial charge in [-0.25, -0.2) is 0 Å². The van der Waals surface area contributed by atoms with Gasteiger partial charge in [0.2, 0.25) is 0 Å². The van der Waals surface area contributed by atoms with Crippen molar-refractivity contribution in [2.24, 2.45) is 0 Å². The van der Waals surface area contributed by atoms with Crippen LogP contribution in [0.1, 0.15) is 32.6 Å². The topological polar surface area (TPSA) is 47.6 Å². The number of nitrogens with one attached hydrogen (secondary N) is 1. The molecule has 4 nitrogen and oxygen atoms in total. The van der Waals surface area contributed by atoms with Crippen LogP contribution in [0, 0.1) is 0 Å². The maximum absolute atomic E-state index is 12.4. The van der Waals surface area contributed by atoms with Gasteiger partial charge in [-0.05, 0) is 34.4 Å². The molecule has 4 heteroatoms. The number of benzene rings is 2. The van der Waals surface area contributed by atoms with Crippen molar-refractivity contribution in [3.8, 4) is 5.75 Å². The summed E-state index contributed by atoms with van der Waals surface area (Å²) in [5.41, 5.74) is 5.17. The number of ether oxygens (including phenoxy) is 2. The predicted molar refractivity (Wildman–Crippen MR) is 81.7 cm³/mol. The molecule has 2 aliphatic heterocycles. The van der Waals surface area contributed by atoms with Gasteiger partial charge in [-0.3, -0.25) is 4.79 Å². The molecule has 112 valence electrons. The molecule has 2 aromatic carbocycles. The molecule has 2 aliphatic rings. The molecule has 2 aromatic rings. The molecule has 0 unspecified atom stereocenters. The van der Waals surface area contributed by atoms with E-state index in [0.29, 0.717) is 19.8 Å². The van der Waals surface area contributed by atoms with Crippen molar-refractivity contribution in [2.45, 2.75) is 26.2 Å². The SMILES string of the molecule is O=C(NCc1ccc2c(c1)CCO2)c1cccc2c1COC2. The second kappa shape index (κ2) is 5.46. The van der Waals surface area contributed by atoms with Crippen molar-refractivity contribution in [1.82, 2.24) is 5.32 Å². The number of hydrogen-bond acceptors (Lipinski definition) is 3. The Morgan fingerprint density at radius 3 is 3.05 bits per heavy atom. The van der Waals surface area contributed by atoms with E-state index in [1.54, 1.807) is 0 Å². The highest BCUT2D eigenvalue weighted by molar-refractivity contribution is 5.96. The van der Waals surface area contributed by atoms with Gasteiger partial charge in [0.15, 0.2) is 0 Å². The maximum Gasteiger partial charge on any atom is 0.251 e. The molecule has 1 N–H and O–H groups in total. The second-order valence-corrected chi connectivity index (χ2v) is 5.66. The minimum absolute atomic E-state index is 0.0425. The molecule has 1 amide bonds. The summed E-state index contributed by atoms with van der Waals surface area (Å²) in [5, 5.41) is 3.00. The first-order valence-corrected chi connectivity index (χ1v) is 7.52. The maximum atomic E-state index is 12.4. The molecule has 22 heavy (non-hydrogen) atoms. The van der Waals surface area contributed by atoms with Crippen molar-refractivity contribution in [3.05, 3.63) is 64.2 Å². The number of carbonyl (C=O) groups excluding carboxylic acids is 1. The Hall–Kier alpha value is -2.33. The third-order valence-electron chi connectivity index (χ3n) is 4.23. The fourth-order valence-corrected chi connectivity index (χ4v) is 3.04. The van der Waals surface area contributed by atoms with Gasteiger partial charge < -0.3 is 14.8 Å². The Morgan fingerprint density at radius 1 is 1.14 bits per heavy atom. The Morgan fingerprint density at radius 2 is 2.09 bits per heavy atom. The molecule has 0 spiro atoms. The fraction of sp³-hybridized carbons (Fsp3) is 0.278. The molecular weight excluding hydrogens is 278 g/mol. The lowest BCUT2D eigenvalue weighted by molar-refractivity contribution is 0.0945. The zero-order chi connectivity index (χ0) is 14.9. The minimum atomic E-state index is -0.0425. The van der Waals surface area contributed by atoms with E-state index in [2.05, 4.69) is 11.4 Å². The van der Waals surface area contributed by atoms with E-state index >= 15 is 0 Å². The lowest BCUT2D eigenvalue weighted by atomic mass is 10.0. The molecule has 0 saturated heterocycles. The van der Waals surface area contributed by atoms with Crippen LogP contribution in [-0.4, -0.2) is 12.5 Å². The van der Waals surface area contributed by atoms with Crippen LogP contribution in [0.25, 0.3) is 0 Å². The van der Waals surface area contributed by atoms with E-state index in [0.717, 1.165) is 41.0 Å². The summed E-state index contributed by atoms with van der Waals surface area (Å²) in [6.07, 6.45) is 0.945. The van der Waals surface area contributed by atoms with Gasteiger partial charge >= 0.3 is 0 Å². The molecule has 0 saturated carbocycles. The standard InChI is InChI=1S/C18H17NO3/c20-18(15-3-1-2-14-10-21-11-16(14)15)19-9-12-4-5-17-13(8-12)6-7-22-17/h1-5,8H,6-7,9-11H2,(H,19,20). The first-order valence-electron chi connectivity index (χ1n) is 7.52. The summed E-state index contributed by atoms with van der Waals surface area (Å²) in [4.78, 5) is 12.4. The largest absolute Gasteiger partial charge is 0.493 e. The quantitative estimate of drug-likeness (QED) is 0.946. The van der Waals surface area contributed by atoms with Crippen molar-refractivity contribution in [3.63, 3.8) is 0 Å². The first kappa shape index (κ1) is 13.3. The van der Waals surface area contributed by atoms with Crippen molar-refractivity contribution in [1.29, 1.82) is 0 Å². The van der Waals surface area contributed by atoms with E-state index < -0.39 is 0 Å². The minimum Gasteiger partial charge on any atom is -0.493 e. The van der Waals surface area contributed by atoms with Crippen LogP contribution in [0.3, 0.4) is 0 Å². The van der Waals surface area contributed by atoms with E-state index in [1.165, 1.54) is 5.56 Å². The van der Waals surface area contributed by atoms with Crippen molar-refractivity contribution >= 4 is 5.91 Å². The molecule has 4 rings (SSSR count). The molecule has 0 aliphatic carbocycles. The van der Waals surface area contributed by atoms with Gasteiger partial charge in [-0.1, -0.05) is 24.3 Å². The summed E-state index contributed by atoms with van der Waals surface area (Å²) in [7, 11) is 0. The number of fused-ring (bicyclic) bond motifs is 2. The van der Waals surface area contributed by atoms with Crippen LogP contribution in [0.5, 0.6) is 5.75 Å². The highest BCUT2D eigenvalue weighted by Crippen LogP contribution is 2.26. The van der Waals surface area contributed by atoms with Crippen LogP contribution in [0.15, 0.2) is 36.4 Å². The Labute approximate surface area is 129 Å². The van der Waals surface area contributed by atoms with E-state index in [-0.39, 0.29) is 5.91 Å². The lowest BCUT2D eigenvalue weighted by Crippen LogP contribution is -2.24. The highest BCUT2D eigenvalue weighted by Gasteiger charge is 2.19. The van der Waals surface area contributed by atoms with Crippen molar-refractivity contribution < 1.29 is 14.3 Å². The summed E-state index contributed by atoms with van der Waals surface area (Å²) in [5.74, 6) is 0.923. The van der Waals surface area contributed by atoms with Gasteiger partial charge in [0.05, 0.1) is 19.8 Å². The molecule has 0 atom stereocenters. The van der Waals surface area contributed by atoms with Gasteiger partial charge in [-0.15, -0.1) is 0 Å². The lowest BCUT2D eigenvalue weighted by Gasteiger charge is -2.09. The monoisotopic (exact) mass is 295 g/mol. The molecule has 0 radical (unpaired) electrons. The predicted octanol–water partition coefficient (Wildman–Crippen LogP) is 2.58. The average molecular weight is 295 g/mol. The van der Waals surface area contributed by atoms with Crippen LogP contribution in [-0.2, 0) is 30.9 Å². The number of carbonyl (C=O) groups is 1. The summed E-state index contributed by atoms with van der Waals surface area (Å²) < 4.78 is 10.9. The third-order valence-corrected chi connectivity index (χ3v) is 4.23. The van der Waals surface area contributed by atoms with E-state index in [9.17, 15) is 4.79 Å².